The van der Waals surface area contributed by atoms with Crippen molar-refractivity contribution in [1.82, 2.24) is 0 Å². The van der Waals surface area contributed by atoms with Crippen LogP contribution in [0.2, 0.25) is 0 Å². The van der Waals surface area contributed by atoms with Gasteiger partial charge in [-0.3, -0.25) is 0 Å². The fourth-order valence-electron chi connectivity index (χ4n) is 1.89. The molecule has 20 heavy (non-hydrogen) atoms. The molecule has 0 saturated heterocycles. The van der Waals surface area contributed by atoms with E-state index in [2.05, 4.69) is 6.92 Å². The van der Waals surface area contributed by atoms with E-state index in [0.29, 0.717) is 15.0 Å². The molecule has 1 aliphatic rings. The second-order valence-corrected chi connectivity index (χ2v) is 5.97. The summed E-state index contributed by atoms with van der Waals surface area (Å²) in [5.74, 6) is 0. The van der Waals surface area contributed by atoms with Gasteiger partial charge < -0.3 is 0 Å². The molecule has 0 N–H and O–H groups in total. The van der Waals surface area contributed by atoms with Crippen LogP contribution in [0.15, 0.2) is 54.6 Å². The predicted octanol–water partition coefficient (Wildman–Crippen LogP) is 5.76. The minimum absolute atomic E-state index is 0.111. The molecule has 3 heteroatoms. The number of rotatable bonds is 5. The van der Waals surface area contributed by atoms with Crippen molar-refractivity contribution in [3.05, 3.63) is 60.2 Å². The summed E-state index contributed by atoms with van der Waals surface area (Å²) in [6, 6.07) is 9.27. The quantitative estimate of drug-likeness (QED) is 0.478. The predicted molar refractivity (Wildman–Crippen MR) is 86.2 cm³/mol. The minimum atomic E-state index is -1.30. The maximum atomic E-state index is 14.2. The standard InChI is InChI=1S/C12H11F.C5H12FP/c13-12(9-5-2-6-10-12)11-7-3-1-4-8-11;1-2-3-4-7-5-6/h1-9H,10H2;7H,2-5H2,1H3. The molecule has 0 fully saturated rings. The Labute approximate surface area is 122 Å². The number of unbranched alkanes of at least 4 members (excludes halogenated alkanes) is 1. The van der Waals surface area contributed by atoms with Crippen LogP contribution in [0, 0.1) is 0 Å². The lowest BCUT2D eigenvalue weighted by Crippen LogP contribution is -2.17. The fraction of sp³-hybridized carbons (Fsp3) is 0.412. The van der Waals surface area contributed by atoms with Gasteiger partial charge in [0, 0.05) is 6.42 Å². The Morgan fingerprint density at radius 2 is 1.95 bits per heavy atom. The molecule has 0 nitrogen and oxygen atoms in total. The normalized spacial score (nSPS) is 20.9. The molecule has 1 aromatic rings. The second kappa shape index (κ2) is 9.83. The van der Waals surface area contributed by atoms with E-state index in [1.54, 1.807) is 12.2 Å². The molecule has 1 aromatic carbocycles. The van der Waals surface area contributed by atoms with Gasteiger partial charge in [-0.2, -0.15) is 0 Å². The molecular weight excluding hydrogens is 273 g/mol. The number of halogens is 2. The average molecular weight is 296 g/mol. The molecule has 0 aromatic heterocycles. The van der Waals surface area contributed by atoms with Crippen molar-refractivity contribution in [2.45, 2.75) is 31.9 Å². The summed E-state index contributed by atoms with van der Waals surface area (Å²) in [7, 11) is 0.555. The van der Waals surface area contributed by atoms with Crippen molar-refractivity contribution in [3.63, 3.8) is 0 Å². The van der Waals surface area contributed by atoms with Crippen LogP contribution < -0.4 is 0 Å². The van der Waals surface area contributed by atoms with Gasteiger partial charge in [0.05, 0.1) is 0 Å². The van der Waals surface area contributed by atoms with Crippen LogP contribution in [0.5, 0.6) is 0 Å². The maximum Gasteiger partial charge on any atom is 0.157 e. The molecule has 2 rings (SSSR count). The molecule has 0 amide bonds. The summed E-state index contributed by atoms with van der Waals surface area (Å²) < 4.78 is 25.5. The Morgan fingerprint density at radius 3 is 2.50 bits per heavy atom. The van der Waals surface area contributed by atoms with E-state index in [0.717, 1.165) is 11.7 Å². The summed E-state index contributed by atoms with van der Waals surface area (Å²) in [6.07, 6.45) is 10.9. The van der Waals surface area contributed by atoms with Crippen molar-refractivity contribution in [2.24, 2.45) is 0 Å². The first-order valence-corrected chi connectivity index (χ1v) is 8.50. The number of hydrogen-bond donors (Lipinski definition) is 0. The highest BCUT2D eigenvalue weighted by Gasteiger charge is 2.27. The summed E-state index contributed by atoms with van der Waals surface area (Å²) in [4.78, 5) is 0. The molecule has 110 valence electrons. The van der Waals surface area contributed by atoms with Gasteiger partial charge in [-0.15, -0.1) is 0 Å². The van der Waals surface area contributed by atoms with Crippen LogP contribution >= 0.6 is 8.58 Å². The van der Waals surface area contributed by atoms with E-state index in [1.807, 2.05) is 42.5 Å². The third-order valence-electron chi connectivity index (χ3n) is 3.08. The molecule has 0 saturated carbocycles. The Morgan fingerprint density at radius 1 is 1.20 bits per heavy atom. The highest BCUT2D eigenvalue weighted by atomic mass is 31.1. The lowest BCUT2D eigenvalue weighted by atomic mass is 9.89. The van der Waals surface area contributed by atoms with Gasteiger partial charge in [-0.25, -0.2) is 8.78 Å². The van der Waals surface area contributed by atoms with E-state index >= 15 is 0 Å². The van der Waals surface area contributed by atoms with Crippen LogP contribution in [-0.4, -0.2) is 12.6 Å². The van der Waals surface area contributed by atoms with Crippen molar-refractivity contribution >= 4 is 8.58 Å². The molecule has 0 bridgehead atoms. The van der Waals surface area contributed by atoms with E-state index in [1.165, 1.54) is 12.8 Å². The number of alkyl halides is 2. The molecule has 0 aliphatic heterocycles. The minimum Gasteiger partial charge on any atom is -0.246 e. The van der Waals surface area contributed by atoms with E-state index in [4.69, 9.17) is 0 Å². The van der Waals surface area contributed by atoms with Crippen LogP contribution in [0.3, 0.4) is 0 Å². The first kappa shape index (κ1) is 17.0. The maximum absolute atomic E-state index is 14.2. The Bertz CT molecular complexity index is 410. The van der Waals surface area contributed by atoms with Crippen molar-refractivity contribution in [1.29, 1.82) is 0 Å². The molecule has 1 aliphatic carbocycles. The van der Waals surface area contributed by atoms with Gasteiger partial charge in [-0.1, -0.05) is 70.5 Å². The van der Waals surface area contributed by atoms with Crippen LogP contribution in [0.25, 0.3) is 0 Å². The van der Waals surface area contributed by atoms with Gasteiger partial charge in [0.1, 0.15) is 6.42 Å². The molecule has 0 heterocycles. The van der Waals surface area contributed by atoms with Crippen LogP contribution in [0.1, 0.15) is 31.7 Å². The van der Waals surface area contributed by atoms with Crippen LogP contribution in [-0.2, 0) is 5.67 Å². The topological polar surface area (TPSA) is 0 Å². The van der Waals surface area contributed by atoms with Gasteiger partial charge in [0.25, 0.3) is 0 Å². The number of hydrogen-bond acceptors (Lipinski definition) is 0. The van der Waals surface area contributed by atoms with Gasteiger partial charge >= 0.3 is 0 Å². The van der Waals surface area contributed by atoms with Gasteiger partial charge in [-0.05, 0) is 24.2 Å². The lowest BCUT2D eigenvalue weighted by molar-refractivity contribution is 0.236. The Kier molecular flexibility index (Phi) is 8.37. The van der Waals surface area contributed by atoms with E-state index in [9.17, 15) is 8.78 Å². The lowest BCUT2D eigenvalue weighted by Gasteiger charge is -2.22. The van der Waals surface area contributed by atoms with Crippen molar-refractivity contribution in [2.75, 3.05) is 12.6 Å². The second-order valence-electron chi connectivity index (χ2n) is 4.71. The zero-order chi connectivity index (χ0) is 14.7. The third kappa shape index (κ3) is 5.96. The van der Waals surface area contributed by atoms with E-state index < -0.39 is 5.67 Å². The molecule has 2 unspecified atom stereocenters. The largest absolute Gasteiger partial charge is 0.246 e. The van der Waals surface area contributed by atoms with Crippen molar-refractivity contribution < 1.29 is 8.78 Å². The highest BCUT2D eigenvalue weighted by molar-refractivity contribution is 7.37. The summed E-state index contributed by atoms with van der Waals surface area (Å²) in [6.45, 7) is 2.13. The summed E-state index contributed by atoms with van der Waals surface area (Å²) in [5.41, 5.74) is -0.564. The van der Waals surface area contributed by atoms with Gasteiger partial charge in [0.2, 0.25) is 0 Å². The number of benzene rings is 1. The smallest absolute Gasteiger partial charge is 0.157 e. The molecule has 2 atom stereocenters. The monoisotopic (exact) mass is 296 g/mol. The molecule has 0 spiro atoms. The highest BCUT2D eigenvalue weighted by Crippen LogP contribution is 2.33. The number of allylic oxidation sites excluding steroid dienone is 4. The van der Waals surface area contributed by atoms with Crippen LogP contribution in [0.4, 0.5) is 8.78 Å². The Hall–Kier alpha value is -1.01. The third-order valence-corrected chi connectivity index (χ3v) is 3.97. The summed E-state index contributed by atoms with van der Waals surface area (Å²) >= 11 is 0. The summed E-state index contributed by atoms with van der Waals surface area (Å²) in [5, 5.41) is 0. The fourth-order valence-corrected chi connectivity index (χ4v) is 2.63. The first-order valence-electron chi connectivity index (χ1n) is 7.08. The zero-order valence-electron chi connectivity index (χ0n) is 12.0. The van der Waals surface area contributed by atoms with Crippen molar-refractivity contribution in [3.8, 4) is 0 Å². The van der Waals surface area contributed by atoms with Gasteiger partial charge in [0.15, 0.2) is 5.67 Å². The zero-order valence-corrected chi connectivity index (χ0v) is 13.0. The molecule has 0 radical (unpaired) electrons. The first-order chi connectivity index (χ1) is 9.73. The Balaban J connectivity index is 0.000000246. The molecular formula is C17H23F2P. The van der Waals surface area contributed by atoms with E-state index in [-0.39, 0.29) is 6.42 Å². The average Bonchev–Trinajstić information content (AvgIpc) is 2.50. The SMILES string of the molecule is CCCCPCF.FC1(c2ccccc2)C=CC=CC1.